The molecule has 0 radical (unpaired) electrons. The first-order chi connectivity index (χ1) is 12.5. The van der Waals surface area contributed by atoms with E-state index in [0.29, 0.717) is 24.5 Å². The molecule has 2 aliphatic rings. The van der Waals surface area contributed by atoms with E-state index in [-0.39, 0.29) is 10.9 Å². The number of piperazine rings is 1. The highest BCUT2D eigenvalue weighted by atomic mass is 32.2. The molecule has 26 heavy (non-hydrogen) atoms. The third kappa shape index (κ3) is 3.00. The van der Waals surface area contributed by atoms with Crippen molar-refractivity contribution >= 4 is 15.8 Å². The highest BCUT2D eigenvalue weighted by Gasteiger charge is 2.42. The minimum absolute atomic E-state index is 0.218. The number of hydrogen-bond donors (Lipinski definition) is 0. The van der Waals surface area contributed by atoms with E-state index < -0.39 is 10.0 Å². The maximum atomic E-state index is 12.8. The maximum absolute atomic E-state index is 12.8. The Labute approximate surface area is 153 Å². The predicted octanol–water partition coefficient (Wildman–Crippen LogP) is 0.882. The van der Waals surface area contributed by atoms with Crippen molar-refractivity contribution in [1.82, 2.24) is 19.3 Å². The lowest BCUT2D eigenvalue weighted by atomic mass is 10.1. The Balaban J connectivity index is 1.35. The summed E-state index contributed by atoms with van der Waals surface area (Å²) in [5, 5.41) is 3.77. The van der Waals surface area contributed by atoms with Crippen LogP contribution in [-0.4, -0.2) is 73.1 Å². The summed E-state index contributed by atoms with van der Waals surface area (Å²) >= 11 is 0. The summed E-state index contributed by atoms with van der Waals surface area (Å²) in [5.74, 6) is 1.36. The van der Waals surface area contributed by atoms with Gasteiger partial charge in [0.25, 0.3) is 0 Å². The summed E-state index contributed by atoms with van der Waals surface area (Å²) in [5.41, 5.74) is 0.426. The van der Waals surface area contributed by atoms with Crippen molar-refractivity contribution in [2.45, 2.75) is 24.8 Å². The van der Waals surface area contributed by atoms with Gasteiger partial charge in [0.05, 0.1) is 0 Å². The zero-order valence-electron chi connectivity index (χ0n) is 15.0. The second kappa shape index (κ2) is 6.64. The fraction of sp³-hybridized carbons (Fsp3) is 0.529. The molecule has 4 heterocycles. The molecule has 4 rings (SSSR count). The number of pyridine rings is 1. The van der Waals surface area contributed by atoms with Crippen LogP contribution in [0.15, 0.2) is 33.8 Å². The van der Waals surface area contributed by atoms with Crippen LogP contribution in [0.4, 0.5) is 5.82 Å². The van der Waals surface area contributed by atoms with Crippen molar-refractivity contribution in [1.29, 1.82) is 0 Å². The van der Waals surface area contributed by atoms with Crippen molar-refractivity contribution in [2.75, 3.05) is 44.2 Å². The number of anilines is 1. The zero-order valence-corrected chi connectivity index (χ0v) is 15.8. The van der Waals surface area contributed by atoms with Gasteiger partial charge >= 0.3 is 0 Å². The Morgan fingerprint density at radius 3 is 2.42 bits per heavy atom. The Bertz CT molecular complexity index is 850. The van der Waals surface area contributed by atoms with Crippen LogP contribution in [0.2, 0.25) is 0 Å². The Morgan fingerprint density at radius 1 is 1.12 bits per heavy atom. The molecule has 8 nitrogen and oxygen atoms in total. The second-order valence-electron chi connectivity index (χ2n) is 6.84. The lowest BCUT2D eigenvalue weighted by molar-refractivity contribution is 0.0826. The molecule has 0 bridgehead atoms. The Morgan fingerprint density at radius 2 is 1.85 bits per heavy atom. The monoisotopic (exact) mass is 377 g/mol. The number of aryl methyl sites for hydroxylation is 2. The number of nitrogens with zero attached hydrogens (tertiary/aromatic N) is 5. The van der Waals surface area contributed by atoms with Crippen LogP contribution < -0.4 is 4.90 Å². The molecule has 0 atom stereocenters. The predicted molar refractivity (Wildman–Crippen MR) is 96.5 cm³/mol. The molecule has 0 N–H and O–H groups in total. The van der Waals surface area contributed by atoms with Crippen LogP contribution in [0, 0.1) is 13.8 Å². The van der Waals surface area contributed by atoms with E-state index in [0.717, 1.165) is 32.0 Å². The first-order valence-corrected chi connectivity index (χ1v) is 10.2. The van der Waals surface area contributed by atoms with Gasteiger partial charge < -0.3 is 9.42 Å². The molecule has 9 heteroatoms. The molecular weight excluding hydrogens is 354 g/mol. The van der Waals surface area contributed by atoms with Gasteiger partial charge in [0.1, 0.15) is 16.4 Å². The van der Waals surface area contributed by atoms with Crippen LogP contribution >= 0.6 is 0 Å². The van der Waals surface area contributed by atoms with Crippen LogP contribution in [0.5, 0.6) is 0 Å². The van der Waals surface area contributed by atoms with E-state index >= 15 is 0 Å². The van der Waals surface area contributed by atoms with Gasteiger partial charge in [-0.3, -0.25) is 4.90 Å². The fourth-order valence-corrected chi connectivity index (χ4v) is 5.48. The first-order valence-electron chi connectivity index (χ1n) is 8.80. The quantitative estimate of drug-likeness (QED) is 0.782. The smallest absolute Gasteiger partial charge is 0.248 e. The molecule has 0 aromatic carbocycles. The van der Waals surface area contributed by atoms with Gasteiger partial charge in [-0.2, -0.15) is 4.31 Å². The maximum Gasteiger partial charge on any atom is 0.248 e. The molecule has 2 fully saturated rings. The standard InChI is InChI=1S/C17H23N5O3S/c1-13-17(14(2)25-19-13)26(23,24)22-11-15(12-22)20-7-9-21(10-8-20)16-5-3-4-6-18-16/h3-6,15H,7-12H2,1-2H3. The van der Waals surface area contributed by atoms with E-state index in [1.165, 1.54) is 4.31 Å². The van der Waals surface area contributed by atoms with Gasteiger partial charge in [0.2, 0.25) is 10.0 Å². The summed E-state index contributed by atoms with van der Waals surface area (Å²) in [6.45, 7) is 8.00. The summed E-state index contributed by atoms with van der Waals surface area (Å²) in [7, 11) is -3.52. The van der Waals surface area contributed by atoms with Crippen LogP contribution in [0.1, 0.15) is 11.5 Å². The lowest BCUT2D eigenvalue weighted by Crippen LogP contribution is -2.64. The van der Waals surface area contributed by atoms with Crippen molar-refractivity contribution in [3.05, 3.63) is 35.9 Å². The third-order valence-corrected chi connectivity index (χ3v) is 7.28. The van der Waals surface area contributed by atoms with E-state index in [1.807, 2.05) is 24.4 Å². The molecule has 2 aliphatic heterocycles. The number of sulfonamides is 1. The van der Waals surface area contributed by atoms with E-state index in [4.69, 9.17) is 4.52 Å². The van der Waals surface area contributed by atoms with Crippen LogP contribution in [-0.2, 0) is 10.0 Å². The second-order valence-corrected chi connectivity index (χ2v) is 8.71. The largest absolute Gasteiger partial charge is 0.360 e. The lowest BCUT2D eigenvalue weighted by Gasteiger charge is -2.47. The van der Waals surface area contributed by atoms with Gasteiger partial charge in [-0.1, -0.05) is 11.2 Å². The summed E-state index contributed by atoms with van der Waals surface area (Å²) in [4.78, 5) is 9.26. The summed E-state index contributed by atoms with van der Waals surface area (Å²) in [6.07, 6.45) is 1.81. The Kier molecular flexibility index (Phi) is 4.45. The average Bonchev–Trinajstić information content (AvgIpc) is 2.94. The summed E-state index contributed by atoms with van der Waals surface area (Å²) < 4.78 is 32.1. The number of rotatable bonds is 4. The van der Waals surface area contributed by atoms with Gasteiger partial charge in [-0.05, 0) is 26.0 Å². The van der Waals surface area contributed by atoms with Gasteiger partial charge in [0.15, 0.2) is 5.76 Å². The topological polar surface area (TPSA) is 82.8 Å². The van der Waals surface area contributed by atoms with Crippen LogP contribution in [0.3, 0.4) is 0 Å². The fourth-order valence-electron chi connectivity index (χ4n) is 3.67. The SMILES string of the molecule is Cc1noc(C)c1S(=O)(=O)N1CC(N2CCN(c3ccccn3)CC2)C1. The summed E-state index contributed by atoms with van der Waals surface area (Å²) in [6, 6.07) is 6.22. The van der Waals surface area contributed by atoms with E-state index in [9.17, 15) is 8.42 Å². The third-order valence-electron chi connectivity index (χ3n) is 5.20. The highest BCUT2D eigenvalue weighted by Crippen LogP contribution is 2.29. The number of aromatic nitrogens is 2. The highest BCUT2D eigenvalue weighted by molar-refractivity contribution is 7.89. The van der Waals surface area contributed by atoms with Crippen molar-refractivity contribution in [2.24, 2.45) is 0 Å². The molecule has 0 aliphatic carbocycles. The minimum Gasteiger partial charge on any atom is -0.360 e. The van der Waals surface area contributed by atoms with Crippen molar-refractivity contribution in [3.8, 4) is 0 Å². The first kappa shape index (κ1) is 17.4. The molecule has 0 saturated carbocycles. The zero-order chi connectivity index (χ0) is 18.3. The van der Waals surface area contributed by atoms with Crippen LogP contribution in [0.25, 0.3) is 0 Å². The van der Waals surface area contributed by atoms with E-state index in [1.54, 1.807) is 13.8 Å². The molecule has 2 aromatic heterocycles. The van der Waals surface area contributed by atoms with Crippen molar-refractivity contribution < 1.29 is 12.9 Å². The average molecular weight is 377 g/mol. The van der Waals surface area contributed by atoms with Gasteiger partial charge in [-0.25, -0.2) is 13.4 Å². The van der Waals surface area contributed by atoms with Crippen molar-refractivity contribution in [3.63, 3.8) is 0 Å². The minimum atomic E-state index is -3.52. The Hall–Kier alpha value is -1.97. The molecular formula is C17H23N5O3S. The molecule has 2 saturated heterocycles. The normalized spacial score (nSPS) is 20.3. The number of hydrogen-bond acceptors (Lipinski definition) is 7. The molecule has 0 amide bonds. The molecule has 0 spiro atoms. The molecule has 0 unspecified atom stereocenters. The van der Waals surface area contributed by atoms with Gasteiger partial charge in [-0.15, -0.1) is 0 Å². The molecule has 2 aromatic rings. The molecule has 140 valence electrons. The van der Waals surface area contributed by atoms with Gasteiger partial charge in [0, 0.05) is 51.5 Å². The van der Waals surface area contributed by atoms with E-state index in [2.05, 4.69) is 19.9 Å².